The smallest absolute Gasteiger partial charge is 0.225 e. The molecule has 1 aromatic carbocycles. The van der Waals surface area contributed by atoms with Gasteiger partial charge in [-0.25, -0.2) is 13.8 Å². The van der Waals surface area contributed by atoms with E-state index in [1.807, 2.05) is 32.3 Å². The van der Waals surface area contributed by atoms with Crippen LogP contribution in [-0.2, 0) is 0 Å². The molecular weight excluding hydrogens is 362 g/mol. The Morgan fingerprint density at radius 1 is 1.00 bits per heavy atom. The third kappa shape index (κ3) is 5.43. The minimum absolute atomic E-state index is 0.00392. The lowest BCUT2D eigenvalue weighted by Gasteiger charge is -2.13. The van der Waals surface area contributed by atoms with E-state index in [-0.39, 0.29) is 5.69 Å². The third-order valence-electron chi connectivity index (χ3n) is 3.91. The summed E-state index contributed by atoms with van der Waals surface area (Å²) in [6.45, 7) is 1.60. The first-order chi connectivity index (χ1) is 13.5. The van der Waals surface area contributed by atoms with Gasteiger partial charge >= 0.3 is 0 Å². The number of halogens is 2. The zero-order chi connectivity index (χ0) is 19.9. The summed E-state index contributed by atoms with van der Waals surface area (Å²) in [4.78, 5) is 15.3. The van der Waals surface area contributed by atoms with Crippen LogP contribution in [0.4, 0.5) is 26.2 Å². The number of hydrogen-bond acceptors (Lipinski definition) is 6. The van der Waals surface area contributed by atoms with E-state index in [1.54, 1.807) is 12.3 Å². The first-order valence-electron chi connectivity index (χ1n) is 8.92. The maximum atomic E-state index is 14.0. The number of pyridine rings is 1. The van der Waals surface area contributed by atoms with Crippen LogP contribution in [0.25, 0.3) is 11.4 Å². The van der Waals surface area contributed by atoms with Crippen molar-refractivity contribution in [1.29, 1.82) is 0 Å². The summed E-state index contributed by atoms with van der Waals surface area (Å²) in [7, 11) is 4.02. The van der Waals surface area contributed by atoms with Crippen LogP contribution in [-0.4, -0.2) is 47.0 Å². The number of hydrogen-bond donors (Lipinski definition) is 2. The summed E-state index contributed by atoms with van der Waals surface area (Å²) in [6.07, 6.45) is 2.58. The summed E-state index contributed by atoms with van der Waals surface area (Å²) in [5, 5.41) is 6.01. The van der Waals surface area contributed by atoms with Crippen molar-refractivity contribution in [2.45, 2.75) is 6.42 Å². The molecule has 0 radical (unpaired) electrons. The molecule has 0 fully saturated rings. The summed E-state index contributed by atoms with van der Waals surface area (Å²) < 4.78 is 27.5. The summed E-state index contributed by atoms with van der Waals surface area (Å²) >= 11 is 0. The molecule has 3 rings (SSSR count). The van der Waals surface area contributed by atoms with Gasteiger partial charge in [-0.15, -0.1) is 0 Å². The topological polar surface area (TPSA) is 66.0 Å². The highest BCUT2D eigenvalue weighted by molar-refractivity contribution is 5.65. The largest absolute Gasteiger partial charge is 0.354 e. The van der Waals surface area contributed by atoms with Crippen LogP contribution >= 0.6 is 0 Å². The van der Waals surface area contributed by atoms with Gasteiger partial charge in [0, 0.05) is 24.9 Å². The molecule has 6 nitrogen and oxygen atoms in total. The summed E-state index contributed by atoms with van der Waals surface area (Å²) in [5.74, 6) is -0.374. The van der Waals surface area contributed by atoms with Crippen molar-refractivity contribution >= 4 is 17.5 Å². The van der Waals surface area contributed by atoms with Crippen molar-refractivity contribution in [3.8, 4) is 11.4 Å². The molecule has 2 aromatic heterocycles. The van der Waals surface area contributed by atoms with E-state index in [0.29, 0.717) is 29.7 Å². The van der Waals surface area contributed by atoms with Gasteiger partial charge in [0.1, 0.15) is 17.5 Å². The van der Waals surface area contributed by atoms with Gasteiger partial charge in [0.25, 0.3) is 0 Å². The van der Waals surface area contributed by atoms with E-state index < -0.39 is 11.6 Å². The average molecular weight is 384 g/mol. The fraction of sp³-hybridized carbons (Fsp3) is 0.250. The standard InChI is InChI=1S/C20H22F2N6/c1-28(2)11-5-10-24-20-26-18(16-6-3-4-9-23-16)13-19(27-20)25-17-12-14(21)7-8-15(17)22/h3-4,6-9,12-13H,5,10-11H2,1-2H3,(H2,24,25,26,27). The van der Waals surface area contributed by atoms with Crippen LogP contribution in [0.5, 0.6) is 0 Å². The Balaban J connectivity index is 1.87. The highest BCUT2D eigenvalue weighted by Gasteiger charge is 2.10. The minimum atomic E-state index is -0.570. The maximum Gasteiger partial charge on any atom is 0.225 e. The zero-order valence-electron chi connectivity index (χ0n) is 15.8. The molecule has 0 aliphatic rings. The Morgan fingerprint density at radius 2 is 1.86 bits per heavy atom. The van der Waals surface area contributed by atoms with E-state index in [9.17, 15) is 8.78 Å². The molecule has 0 aliphatic heterocycles. The van der Waals surface area contributed by atoms with Crippen LogP contribution in [0.15, 0.2) is 48.7 Å². The number of nitrogens with zero attached hydrogens (tertiary/aromatic N) is 4. The van der Waals surface area contributed by atoms with Gasteiger partial charge in [0.05, 0.1) is 17.1 Å². The first kappa shape index (κ1) is 19.6. The third-order valence-corrected chi connectivity index (χ3v) is 3.91. The lowest BCUT2D eigenvalue weighted by atomic mass is 10.2. The van der Waals surface area contributed by atoms with Crippen LogP contribution in [0, 0.1) is 11.6 Å². The summed E-state index contributed by atoms with van der Waals surface area (Å²) in [6, 6.07) is 10.4. The predicted molar refractivity (Wildman–Crippen MR) is 107 cm³/mol. The molecule has 0 saturated heterocycles. The Kier molecular flexibility index (Phi) is 6.44. The molecule has 0 saturated carbocycles. The van der Waals surface area contributed by atoms with E-state index in [1.165, 1.54) is 0 Å². The normalized spacial score (nSPS) is 10.9. The number of nitrogens with one attached hydrogen (secondary N) is 2. The van der Waals surface area contributed by atoms with Gasteiger partial charge in [0.15, 0.2) is 0 Å². The molecule has 2 N–H and O–H groups in total. The van der Waals surface area contributed by atoms with E-state index >= 15 is 0 Å². The van der Waals surface area contributed by atoms with Crippen molar-refractivity contribution < 1.29 is 8.78 Å². The van der Waals surface area contributed by atoms with Crippen molar-refractivity contribution in [1.82, 2.24) is 19.9 Å². The van der Waals surface area contributed by atoms with Crippen LogP contribution < -0.4 is 10.6 Å². The van der Waals surface area contributed by atoms with Gasteiger partial charge in [0.2, 0.25) is 5.95 Å². The molecule has 0 aliphatic carbocycles. The Hall–Kier alpha value is -3.13. The quantitative estimate of drug-likeness (QED) is 0.574. The fourth-order valence-electron chi connectivity index (χ4n) is 2.56. The molecule has 146 valence electrons. The number of aromatic nitrogens is 3. The minimum Gasteiger partial charge on any atom is -0.354 e. The Bertz CT molecular complexity index is 918. The molecule has 0 bridgehead atoms. The molecule has 3 aromatic rings. The van der Waals surface area contributed by atoms with Crippen molar-refractivity contribution in [2.75, 3.05) is 37.8 Å². The van der Waals surface area contributed by atoms with Gasteiger partial charge in [-0.3, -0.25) is 4.98 Å². The SMILES string of the molecule is CN(C)CCCNc1nc(Nc2cc(F)ccc2F)cc(-c2ccccn2)n1. The highest BCUT2D eigenvalue weighted by atomic mass is 19.1. The maximum absolute atomic E-state index is 14.0. The van der Waals surface area contributed by atoms with Crippen LogP contribution in [0.1, 0.15) is 6.42 Å². The lowest BCUT2D eigenvalue weighted by Crippen LogP contribution is -2.17. The Morgan fingerprint density at radius 3 is 2.61 bits per heavy atom. The molecule has 0 unspecified atom stereocenters. The van der Waals surface area contributed by atoms with Gasteiger partial charge < -0.3 is 15.5 Å². The van der Waals surface area contributed by atoms with E-state index in [2.05, 4.69) is 30.5 Å². The second-order valence-electron chi connectivity index (χ2n) is 6.51. The van der Waals surface area contributed by atoms with Crippen LogP contribution in [0.2, 0.25) is 0 Å². The van der Waals surface area contributed by atoms with Crippen molar-refractivity contribution in [2.24, 2.45) is 0 Å². The summed E-state index contributed by atoms with van der Waals surface area (Å²) in [5.41, 5.74) is 1.23. The number of benzene rings is 1. The second kappa shape index (κ2) is 9.18. The second-order valence-corrected chi connectivity index (χ2v) is 6.51. The molecule has 0 spiro atoms. The van der Waals surface area contributed by atoms with E-state index in [0.717, 1.165) is 31.2 Å². The average Bonchev–Trinajstić information content (AvgIpc) is 2.68. The van der Waals surface area contributed by atoms with Gasteiger partial charge in [-0.05, 0) is 51.3 Å². The van der Waals surface area contributed by atoms with Crippen LogP contribution in [0.3, 0.4) is 0 Å². The molecule has 0 amide bonds. The zero-order valence-corrected chi connectivity index (χ0v) is 15.8. The number of anilines is 3. The highest BCUT2D eigenvalue weighted by Crippen LogP contribution is 2.24. The fourth-order valence-corrected chi connectivity index (χ4v) is 2.56. The molecular formula is C20H22F2N6. The molecule has 8 heteroatoms. The number of rotatable bonds is 8. The first-order valence-corrected chi connectivity index (χ1v) is 8.92. The van der Waals surface area contributed by atoms with Gasteiger partial charge in [-0.1, -0.05) is 6.07 Å². The monoisotopic (exact) mass is 384 g/mol. The predicted octanol–water partition coefficient (Wildman–Crippen LogP) is 3.92. The molecule has 2 heterocycles. The van der Waals surface area contributed by atoms with E-state index in [4.69, 9.17) is 0 Å². The Labute approximate surface area is 162 Å². The molecule has 28 heavy (non-hydrogen) atoms. The van der Waals surface area contributed by atoms with Gasteiger partial charge in [-0.2, -0.15) is 4.98 Å². The lowest BCUT2D eigenvalue weighted by molar-refractivity contribution is 0.405. The van der Waals surface area contributed by atoms with Crippen molar-refractivity contribution in [3.05, 3.63) is 60.3 Å². The van der Waals surface area contributed by atoms with Crippen molar-refractivity contribution in [3.63, 3.8) is 0 Å². The molecule has 0 atom stereocenters.